The summed E-state index contributed by atoms with van der Waals surface area (Å²) >= 11 is 3.70. The molecule has 0 fully saturated rings. The summed E-state index contributed by atoms with van der Waals surface area (Å²) in [6.45, 7) is 13.0. The van der Waals surface area contributed by atoms with Crippen LogP contribution in [0.5, 0.6) is 0 Å². The van der Waals surface area contributed by atoms with E-state index in [2.05, 4.69) is 72.3 Å². The van der Waals surface area contributed by atoms with Gasteiger partial charge in [-0.15, -0.1) is 0 Å². The Kier molecular flexibility index (Phi) is 4.77. The largest absolute Gasteiger partial charge is 0.361 e. The highest BCUT2D eigenvalue weighted by atomic mass is 79.9. The summed E-state index contributed by atoms with van der Waals surface area (Å²) in [5, 5.41) is 1.27. The van der Waals surface area contributed by atoms with Gasteiger partial charge in [0.05, 0.1) is 5.52 Å². The fraction of sp³-hybridized carbons (Fsp3) is 0.500. The third kappa shape index (κ3) is 3.54. The van der Waals surface area contributed by atoms with Crippen molar-refractivity contribution < 1.29 is 4.74 Å². The SMILES string of the molecule is Cc1cc2c(ccn2COCC[Si](C)(C)C)c(Br)c1C. The van der Waals surface area contributed by atoms with Crippen molar-refractivity contribution in [2.24, 2.45) is 0 Å². The molecule has 110 valence electrons. The van der Waals surface area contributed by atoms with Gasteiger partial charge in [-0.05, 0) is 59.1 Å². The molecular weight excluding hydrogens is 330 g/mol. The molecule has 0 saturated carbocycles. The number of rotatable bonds is 5. The van der Waals surface area contributed by atoms with E-state index < -0.39 is 8.07 Å². The molecule has 0 aliphatic carbocycles. The lowest BCUT2D eigenvalue weighted by atomic mass is 10.1. The predicted octanol–water partition coefficient (Wildman–Crippen LogP) is 5.33. The van der Waals surface area contributed by atoms with Gasteiger partial charge in [-0.3, -0.25) is 0 Å². The first kappa shape index (κ1) is 15.8. The van der Waals surface area contributed by atoms with Crippen molar-refractivity contribution in [1.29, 1.82) is 0 Å². The Morgan fingerprint density at radius 2 is 1.95 bits per heavy atom. The van der Waals surface area contributed by atoms with E-state index in [1.165, 1.54) is 32.5 Å². The zero-order valence-electron chi connectivity index (χ0n) is 13.1. The predicted molar refractivity (Wildman–Crippen MR) is 93.2 cm³/mol. The molecule has 2 rings (SSSR count). The van der Waals surface area contributed by atoms with Crippen molar-refractivity contribution in [3.63, 3.8) is 0 Å². The molecule has 0 aliphatic rings. The van der Waals surface area contributed by atoms with E-state index in [4.69, 9.17) is 4.74 Å². The van der Waals surface area contributed by atoms with Crippen molar-refractivity contribution >= 4 is 34.9 Å². The molecule has 0 atom stereocenters. The van der Waals surface area contributed by atoms with Gasteiger partial charge in [0.15, 0.2) is 0 Å². The maximum atomic E-state index is 5.85. The second kappa shape index (κ2) is 6.04. The first-order valence-corrected chi connectivity index (χ1v) is 11.6. The van der Waals surface area contributed by atoms with Crippen LogP contribution in [0, 0.1) is 13.8 Å². The summed E-state index contributed by atoms with van der Waals surface area (Å²) in [5.41, 5.74) is 3.87. The second-order valence-electron chi connectivity index (χ2n) is 6.70. The number of ether oxygens (including phenoxy) is 1. The highest BCUT2D eigenvalue weighted by Gasteiger charge is 2.13. The zero-order chi connectivity index (χ0) is 14.9. The molecule has 1 aromatic heterocycles. The minimum absolute atomic E-state index is 0.642. The summed E-state index contributed by atoms with van der Waals surface area (Å²) in [4.78, 5) is 0. The van der Waals surface area contributed by atoms with Crippen LogP contribution in [0.15, 0.2) is 22.8 Å². The van der Waals surface area contributed by atoms with Crippen LogP contribution in [0.3, 0.4) is 0 Å². The maximum absolute atomic E-state index is 5.85. The number of aryl methyl sites for hydroxylation is 1. The maximum Gasteiger partial charge on any atom is 0.122 e. The van der Waals surface area contributed by atoms with Crippen LogP contribution in [-0.2, 0) is 11.5 Å². The Morgan fingerprint density at radius 1 is 1.25 bits per heavy atom. The zero-order valence-corrected chi connectivity index (χ0v) is 15.7. The van der Waals surface area contributed by atoms with Crippen LogP contribution in [-0.4, -0.2) is 19.2 Å². The van der Waals surface area contributed by atoms with Crippen LogP contribution in [0.1, 0.15) is 11.1 Å². The fourth-order valence-corrected chi connectivity index (χ4v) is 3.58. The minimum Gasteiger partial charge on any atom is -0.361 e. The van der Waals surface area contributed by atoms with Crippen molar-refractivity contribution in [1.82, 2.24) is 4.57 Å². The van der Waals surface area contributed by atoms with Gasteiger partial charge in [0.1, 0.15) is 6.73 Å². The first-order valence-electron chi connectivity index (χ1n) is 7.12. The number of halogens is 1. The third-order valence-electron chi connectivity index (χ3n) is 3.74. The van der Waals surface area contributed by atoms with Crippen LogP contribution in [0.4, 0.5) is 0 Å². The number of benzene rings is 1. The van der Waals surface area contributed by atoms with Gasteiger partial charge in [0, 0.05) is 30.7 Å². The van der Waals surface area contributed by atoms with E-state index >= 15 is 0 Å². The smallest absolute Gasteiger partial charge is 0.122 e. The number of aromatic nitrogens is 1. The van der Waals surface area contributed by atoms with Crippen molar-refractivity contribution in [3.05, 3.63) is 33.9 Å². The monoisotopic (exact) mass is 353 g/mol. The normalized spacial score (nSPS) is 12.3. The number of fused-ring (bicyclic) bond motifs is 1. The average Bonchev–Trinajstić information content (AvgIpc) is 2.74. The van der Waals surface area contributed by atoms with Gasteiger partial charge in [-0.1, -0.05) is 19.6 Å². The van der Waals surface area contributed by atoms with Crippen LogP contribution < -0.4 is 0 Å². The molecule has 0 radical (unpaired) electrons. The van der Waals surface area contributed by atoms with Gasteiger partial charge in [-0.2, -0.15) is 0 Å². The number of nitrogens with zero attached hydrogens (tertiary/aromatic N) is 1. The molecule has 2 nitrogen and oxygen atoms in total. The van der Waals surface area contributed by atoms with Crippen molar-refractivity contribution in [2.45, 2.75) is 46.3 Å². The Balaban J connectivity index is 2.12. The molecule has 0 saturated heterocycles. The number of hydrogen-bond acceptors (Lipinski definition) is 1. The first-order chi connectivity index (χ1) is 9.29. The van der Waals surface area contributed by atoms with Gasteiger partial charge in [-0.25, -0.2) is 0 Å². The molecule has 20 heavy (non-hydrogen) atoms. The minimum atomic E-state index is -1.00. The molecule has 2 aromatic rings. The number of hydrogen-bond donors (Lipinski definition) is 0. The Hall–Kier alpha value is -0.583. The van der Waals surface area contributed by atoms with Crippen LogP contribution in [0.2, 0.25) is 25.7 Å². The van der Waals surface area contributed by atoms with E-state index in [1.807, 2.05) is 0 Å². The topological polar surface area (TPSA) is 14.2 Å². The van der Waals surface area contributed by atoms with E-state index in [0.717, 1.165) is 6.61 Å². The Bertz CT molecular complexity index is 613. The molecule has 0 N–H and O–H groups in total. The molecule has 0 amide bonds. The summed E-state index contributed by atoms with van der Waals surface area (Å²) in [5.74, 6) is 0. The summed E-state index contributed by atoms with van der Waals surface area (Å²) < 4.78 is 9.25. The quantitative estimate of drug-likeness (QED) is 0.523. The third-order valence-corrected chi connectivity index (χ3v) is 6.47. The highest BCUT2D eigenvalue weighted by molar-refractivity contribution is 9.10. The van der Waals surface area contributed by atoms with Crippen LogP contribution in [0.25, 0.3) is 10.9 Å². The van der Waals surface area contributed by atoms with E-state index in [-0.39, 0.29) is 0 Å². The van der Waals surface area contributed by atoms with Gasteiger partial charge < -0.3 is 9.30 Å². The lowest BCUT2D eigenvalue weighted by molar-refractivity contribution is 0.0902. The molecule has 0 unspecified atom stereocenters. The van der Waals surface area contributed by atoms with Crippen LogP contribution >= 0.6 is 15.9 Å². The molecule has 0 aliphatic heterocycles. The fourth-order valence-electron chi connectivity index (χ4n) is 2.17. The molecule has 1 heterocycles. The van der Waals surface area contributed by atoms with Gasteiger partial charge in [0.2, 0.25) is 0 Å². The second-order valence-corrected chi connectivity index (χ2v) is 13.1. The van der Waals surface area contributed by atoms with E-state index in [1.54, 1.807) is 0 Å². The van der Waals surface area contributed by atoms with E-state index in [9.17, 15) is 0 Å². The van der Waals surface area contributed by atoms with Crippen molar-refractivity contribution in [3.8, 4) is 0 Å². The molecule has 1 aromatic carbocycles. The Labute approximate surface area is 131 Å². The Morgan fingerprint density at radius 3 is 2.60 bits per heavy atom. The summed E-state index contributed by atoms with van der Waals surface area (Å²) in [6.07, 6.45) is 2.11. The van der Waals surface area contributed by atoms with Crippen molar-refractivity contribution in [2.75, 3.05) is 6.61 Å². The lowest BCUT2D eigenvalue weighted by Crippen LogP contribution is -2.21. The summed E-state index contributed by atoms with van der Waals surface area (Å²) in [6, 6.07) is 5.62. The molecule has 0 spiro atoms. The molecule has 0 bridgehead atoms. The van der Waals surface area contributed by atoms with Gasteiger partial charge >= 0.3 is 0 Å². The summed E-state index contributed by atoms with van der Waals surface area (Å²) in [7, 11) is -1.00. The highest BCUT2D eigenvalue weighted by Crippen LogP contribution is 2.30. The standard InChI is InChI=1S/C16H24BrNOSi/c1-12-10-15-14(16(17)13(12)2)6-7-18(15)11-19-8-9-20(3,4)5/h6-7,10H,8-9,11H2,1-5H3. The van der Waals surface area contributed by atoms with E-state index in [0.29, 0.717) is 6.73 Å². The molecular formula is C16H24BrNOSi. The lowest BCUT2D eigenvalue weighted by Gasteiger charge is -2.16. The molecule has 4 heteroatoms. The average molecular weight is 354 g/mol. The van der Waals surface area contributed by atoms with Gasteiger partial charge in [0.25, 0.3) is 0 Å².